The van der Waals surface area contributed by atoms with Crippen LogP contribution in [0.1, 0.15) is 31.2 Å². The van der Waals surface area contributed by atoms with Gasteiger partial charge in [-0.2, -0.15) is 0 Å². The van der Waals surface area contributed by atoms with Gasteiger partial charge in [-0.1, -0.05) is 36.8 Å². The number of nitrogens with one attached hydrogen (secondary N) is 1. The molecule has 1 saturated carbocycles. The number of carbonyl (C=O) groups excluding carboxylic acids is 1. The maximum atomic E-state index is 11.8. The molecule has 0 saturated heterocycles. The minimum atomic E-state index is -0.167. The zero-order valence-electron chi connectivity index (χ0n) is 10.6. The van der Waals surface area contributed by atoms with Crippen LogP contribution in [0.3, 0.4) is 0 Å². The molecule has 0 aromatic heterocycles. The molecule has 0 spiro atoms. The maximum absolute atomic E-state index is 11.8. The SMILES string of the molecule is O=C(CC1CCC1)N[C@H](CO)Cc1ccccc1. The quantitative estimate of drug-likeness (QED) is 0.806. The van der Waals surface area contributed by atoms with Gasteiger partial charge >= 0.3 is 0 Å². The van der Waals surface area contributed by atoms with Gasteiger partial charge < -0.3 is 10.4 Å². The molecule has 98 valence electrons. The van der Waals surface area contributed by atoms with E-state index in [1.54, 1.807) is 0 Å². The monoisotopic (exact) mass is 247 g/mol. The van der Waals surface area contributed by atoms with Gasteiger partial charge in [0.05, 0.1) is 12.6 Å². The first-order chi connectivity index (χ1) is 8.78. The maximum Gasteiger partial charge on any atom is 0.220 e. The van der Waals surface area contributed by atoms with Crippen molar-refractivity contribution in [1.82, 2.24) is 5.32 Å². The molecule has 1 fully saturated rings. The summed E-state index contributed by atoms with van der Waals surface area (Å²) in [6.45, 7) is -0.00863. The Bertz CT molecular complexity index is 373. The molecule has 0 aliphatic heterocycles. The first-order valence-electron chi connectivity index (χ1n) is 6.72. The number of aliphatic hydroxyl groups is 1. The van der Waals surface area contributed by atoms with E-state index < -0.39 is 0 Å². The predicted octanol–water partition coefficient (Wildman–Crippen LogP) is 1.90. The molecule has 2 rings (SSSR count). The van der Waals surface area contributed by atoms with Gasteiger partial charge in [0.2, 0.25) is 5.91 Å². The van der Waals surface area contributed by atoms with Crippen LogP contribution in [-0.2, 0) is 11.2 Å². The van der Waals surface area contributed by atoms with E-state index in [-0.39, 0.29) is 18.6 Å². The van der Waals surface area contributed by atoms with Gasteiger partial charge in [0.25, 0.3) is 0 Å². The summed E-state index contributed by atoms with van der Waals surface area (Å²) in [5.74, 6) is 0.649. The Morgan fingerprint density at radius 1 is 1.33 bits per heavy atom. The van der Waals surface area contributed by atoms with Crippen molar-refractivity contribution in [2.75, 3.05) is 6.61 Å². The summed E-state index contributed by atoms with van der Waals surface area (Å²) < 4.78 is 0. The van der Waals surface area contributed by atoms with E-state index in [1.165, 1.54) is 19.3 Å². The van der Waals surface area contributed by atoms with Gasteiger partial charge in [-0.3, -0.25) is 4.79 Å². The lowest BCUT2D eigenvalue weighted by molar-refractivity contribution is -0.123. The smallest absolute Gasteiger partial charge is 0.220 e. The van der Waals surface area contributed by atoms with Crippen LogP contribution >= 0.6 is 0 Å². The molecule has 0 unspecified atom stereocenters. The summed E-state index contributed by atoms with van der Waals surface area (Å²) in [5.41, 5.74) is 1.14. The summed E-state index contributed by atoms with van der Waals surface area (Å²) in [7, 11) is 0. The Kier molecular flexibility index (Phi) is 4.76. The Balaban J connectivity index is 1.79. The van der Waals surface area contributed by atoms with Crippen LogP contribution in [-0.4, -0.2) is 23.7 Å². The van der Waals surface area contributed by atoms with Crippen LogP contribution < -0.4 is 5.32 Å². The third-order valence-electron chi connectivity index (χ3n) is 3.61. The molecule has 0 radical (unpaired) electrons. The minimum Gasteiger partial charge on any atom is -0.394 e. The molecule has 18 heavy (non-hydrogen) atoms. The number of aliphatic hydroxyl groups excluding tert-OH is 1. The number of amides is 1. The van der Waals surface area contributed by atoms with Gasteiger partial charge in [0.15, 0.2) is 0 Å². The molecule has 1 amide bonds. The van der Waals surface area contributed by atoms with E-state index >= 15 is 0 Å². The second-order valence-electron chi connectivity index (χ2n) is 5.14. The molecule has 1 aliphatic carbocycles. The first kappa shape index (κ1) is 13.1. The molecule has 1 aliphatic rings. The standard InChI is InChI=1S/C15H21NO2/c17-11-14(9-12-5-2-1-3-6-12)16-15(18)10-13-7-4-8-13/h1-3,5-6,13-14,17H,4,7-11H2,(H,16,18)/t14-/m0/s1. The van der Waals surface area contributed by atoms with E-state index in [9.17, 15) is 9.90 Å². The first-order valence-corrected chi connectivity index (χ1v) is 6.72. The number of hydrogen-bond acceptors (Lipinski definition) is 2. The number of hydrogen-bond donors (Lipinski definition) is 2. The average molecular weight is 247 g/mol. The summed E-state index contributed by atoms with van der Waals surface area (Å²) in [6.07, 6.45) is 4.91. The van der Waals surface area contributed by atoms with Crippen LogP contribution in [0.4, 0.5) is 0 Å². The van der Waals surface area contributed by atoms with Gasteiger partial charge in [-0.05, 0) is 30.7 Å². The highest BCUT2D eigenvalue weighted by Crippen LogP contribution is 2.29. The highest BCUT2D eigenvalue weighted by molar-refractivity contribution is 5.76. The third-order valence-corrected chi connectivity index (χ3v) is 3.61. The molecule has 3 nitrogen and oxygen atoms in total. The Hall–Kier alpha value is -1.35. The van der Waals surface area contributed by atoms with Crippen LogP contribution in [0.5, 0.6) is 0 Å². The highest BCUT2D eigenvalue weighted by atomic mass is 16.3. The van der Waals surface area contributed by atoms with E-state index in [0.717, 1.165) is 5.56 Å². The van der Waals surface area contributed by atoms with Crippen molar-refractivity contribution in [2.45, 2.75) is 38.1 Å². The van der Waals surface area contributed by atoms with Crippen molar-refractivity contribution >= 4 is 5.91 Å². The van der Waals surface area contributed by atoms with E-state index in [1.807, 2.05) is 30.3 Å². The molecular weight excluding hydrogens is 226 g/mol. The van der Waals surface area contributed by atoms with Crippen LogP contribution in [0.15, 0.2) is 30.3 Å². The topological polar surface area (TPSA) is 49.3 Å². The van der Waals surface area contributed by atoms with E-state index in [2.05, 4.69) is 5.32 Å². The Morgan fingerprint density at radius 3 is 2.61 bits per heavy atom. The second-order valence-corrected chi connectivity index (χ2v) is 5.14. The van der Waals surface area contributed by atoms with Gasteiger partial charge in [-0.15, -0.1) is 0 Å². The van der Waals surface area contributed by atoms with Gasteiger partial charge in [0.1, 0.15) is 0 Å². The molecule has 1 atom stereocenters. The molecular formula is C15H21NO2. The Morgan fingerprint density at radius 2 is 2.06 bits per heavy atom. The molecule has 1 aromatic rings. The molecule has 3 heteroatoms. The van der Waals surface area contributed by atoms with Gasteiger partial charge in [-0.25, -0.2) is 0 Å². The normalized spacial score (nSPS) is 16.9. The predicted molar refractivity (Wildman–Crippen MR) is 71.1 cm³/mol. The van der Waals surface area contributed by atoms with Crippen molar-refractivity contribution in [3.05, 3.63) is 35.9 Å². The lowest BCUT2D eigenvalue weighted by atomic mass is 9.83. The highest BCUT2D eigenvalue weighted by Gasteiger charge is 2.21. The molecule has 0 heterocycles. The zero-order chi connectivity index (χ0) is 12.8. The fourth-order valence-electron chi connectivity index (χ4n) is 2.31. The van der Waals surface area contributed by atoms with Crippen molar-refractivity contribution in [1.29, 1.82) is 0 Å². The fraction of sp³-hybridized carbons (Fsp3) is 0.533. The minimum absolute atomic E-state index is 0.00863. The van der Waals surface area contributed by atoms with Crippen molar-refractivity contribution in [2.24, 2.45) is 5.92 Å². The zero-order valence-corrected chi connectivity index (χ0v) is 10.6. The molecule has 1 aromatic carbocycles. The second kappa shape index (κ2) is 6.55. The van der Waals surface area contributed by atoms with E-state index in [4.69, 9.17) is 0 Å². The van der Waals surface area contributed by atoms with Crippen LogP contribution in [0.2, 0.25) is 0 Å². The number of rotatable bonds is 6. The summed E-state index contributed by atoms with van der Waals surface area (Å²) in [5, 5.41) is 12.3. The lowest BCUT2D eigenvalue weighted by Gasteiger charge is -2.25. The fourth-order valence-corrected chi connectivity index (χ4v) is 2.31. The van der Waals surface area contributed by atoms with Crippen molar-refractivity contribution < 1.29 is 9.90 Å². The Labute approximate surface area is 108 Å². The molecule has 0 bridgehead atoms. The van der Waals surface area contributed by atoms with Crippen molar-refractivity contribution in [3.8, 4) is 0 Å². The lowest BCUT2D eigenvalue weighted by Crippen LogP contribution is -2.40. The average Bonchev–Trinajstić information content (AvgIpc) is 2.34. The van der Waals surface area contributed by atoms with Crippen molar-refractivity contribution in [3.63, 3.8) is 0 Å². The largest absolute Gasteiger partial charge is 0.394 e. The molecule has 2 N–H and O–H groups in total. The summed E-state index contributed by atoms with van der Waals surface area (Å²) >= 11 is 0. The van der Waals surface area contributed by atoms with Crippen LogP contribution in [0, 0.1) is 5.92 Å². The number of carbonyl (C=O) groups is 1. The van der Waals surface area contributed by atoms with Gasteiger partial charge in [0, 0.05) is 6.42 Å². The third kappa shape index (κ3) is 3.84. The summed E-state index contributed by atoms with van der Waals surface area (Å²) in [4.78, 5) is 11.8. The summed E-state index contributed by atoms with van der Waals surface area (Å²) in [6, 6.07) is 9.77. The van der Waals surface area contributed by atoms with E-state index in [0.29, 0.717) is 18.8 Å². The van der Waals surface area contributed by atoms with Crippen LogP contribution in [0.25, 0.3) is 0 Å². The number of benzene rings is 1.